The second-order valence-corrected chi connectivity index (χ2v) is 14.9. The van der Waals surface area contributed by atoms with Gasteiger partial charge in [0.25, 0.3) is 0 Å². The zero-order valence-corrected chi connectivity index (χ0v) is 30.5. The lowest BCUT2D eigenvalue weighted by molar-refractivity contribution is 1.30. The second kappa shape index (κ2) is 12.0. The van der Waals surface area contributed by atoms with E-state index in [0.29, 0.717) is 0 Å². The molecule has 0 aromatic heterocycles. The van der Waals surface area contributed by atoms with E-state index in [4.69, 9.17) is 0 Å². The molecule has 0 saturated heterocycles. The van der Waals surface area contributed by atoms with Crippen molar-refractivity contribution in [3.8, 4) is 44.5 Å². The summed E-state index contributed by atoms with van der Waals surface area (Å²) in [7, 11) is 0. The van der Waals surface area contributed by atoms with Crippen LogP contribution in [0.1, 0.15) is 0 Å². The summed E-state index contributed by atoms with van der Waals surface area (Å²) in [5.74, 6) is 0. The molecule has 2 heteroatoms. The SMILES string of the molecule is c1ccc2c(c1)-c1ccccc1N(c1ccc3c(ccc4c5ccc(N6c7ccccc7-c7ccccc7-c7ccccc76)cc5ccc34)c1)c1ccccc1-2. The van der Waals surface area contributed by atoms with Crippen molar-refractivity contribution in [2.24, 2.45) is 0 Å². The van der Waals surface area contributed by atoms with Crippen LogP contribution in [-0.4, -0.2) is 0 Å². The van der Waals surface area contributed by atoms with E-state index in [1.807, 2.05) is 0 Å². The fraction of sp³-hybridized carbons (Fsp3) is 0. The summed E-state index contributed by atoms with van der Waals surface area (Å²) in [5.41, 5.74) is 17.0. The van der Waals surface area contributed by atoms with Gasteiger partial charge in [-0.3, -0.25) is 0 Å². The van der Waals surface area contributed by atoms with E-state index in [9.17, 15) is 0 Å². The normalized spacial score (nSPS) is 12.6. The van der Waals surface area contributed by atoms with Gasteiger partial charge in [-0.15, -0.1) is 0 Å². The minimum absolute atomic E-state index is 1.15. The topological polar surface area (TPSA) is 6.48 Å². The Kier molecular flexibility index (Phi) is 6.66. The number of nitrogens with zero attached hydrogens (tertiary/aromatic N) is 2. The van der Waals surface area contributed by atoms with Gasteiger partial charge in [-0.25, -0.2) is 0 Å². The Morgan fingerprint density at radius 3 is 0.804 bits per heavy atom. The molecule has 2 aliphatic heterocycles. The van der Waals surface area contributed by atoms with Gasteiger partial charge < -0.3 is 9.80 Å². The van der Waals surface area contributed by atoms with Crippen LogP contribution in [0.3, 0.4) is 0 Å². The van der Waals surface area contributed by atoms with Crippen LogP contribution in [0.5, 0.6) is 0 Å². The van der Waals surface area contributed by atoms with E-state index < -0.39 is 0 Å². The van der Waals surface area contributed by atoms with Crippen LogP contribution in [0.4, 0.5) is 34.1 Å². The molecule has 2 heterocycles. The maximum atomic E-state index is 2.44. The van der Waals surface area contributed by atoms with Crippen LogP contribution in [0.2, 0.25) is 0 Å². The molecule has 0 fully saturated rings. The van der Waals surface area contributed by atoms with Gasteiger partial charge in [-0.1, -0.05) is 158 Å². The molecule has 10 aromatic rings. The maximum absolute atomic E-state index is 2.44. The predicted molar refractivity (Wildman–Crippen MR) is 237 cm³/mol. The number of anilines is 6. The molecule has 56 heavy (non-hydrogen) atoms. The fourth-order valence-electron chi connectivity index (χ4n) is 9.45. The molecule has 12 rings (SSSR count). The van der Waals surface area contributed by atoms with Crippen LogP contribution >= 0.6 is 0 Å². The molecule has 2 nitrogen and oxygen atoms in total. The van der Waals surface area contributed by atoms with Gasteiger partial charge >= 0.3 is 0 Å². The monoisotopic (exact) mass is 710 g/mol. The zero-order chi connectivity index (χ0) is 36.7. The average molecular weight is 711 g/mol. The van der Waals surface area contributed by atoms with Crippen molar-refractivity contribution in [3.63, 3.8) is 0 Å². The van der Waals surface area contributed by atoms with Gasteiger partial charge in [-0.05, 0) is 103 Å². The van der Waals surface area contributed by atoms with Crippen molar-refractivity contribution in [1.82, 2.24) is 0 Å². The van der Waals surface area contributed by atoms with E-state index in [-0.39, 0.29) is 0 Å². The van der Waals surface area contributed by atoms with Crippen molar-refractivity contribution in [2.75, 3.05) is 9.80 Å². The van der Waals surface area contributed by atoms with E-state index in [1.54, 1.807) is 0 Å². The van der Waals surface area contributed by atoms with Gasteiger partial charge in [-0.2, -0.15) is 0 Å². The summed E-state index contributed by atoms with van der Waals surface area (Å²) in [6.07, 6.45) is 0. The van der Waals surface area contributed by atoms with Crippen LogP contribution in [0, 0.1) is 0 Å². The summed E-state index contributed by atoms with van der Waals surface area (Å²) in [5, 5.41) is 7.48. The van der Waals surface area contributed by atoms with Crippen LogP contribution in [0.15, 0.2) is 206 Å². The van der Waals surface area contributed by atoms with Gasteiger partial charge in [0.1, 0.15) is 0 Å². The van der Waals surface area contributed by atoms with Crippen LogP contribution in [0.25, 0.3) is 76.8 Å². The highest BCUT2D eigenvalue weighted by molar-refractivity contribution is 6.18. The summed E-state index contributed by atoms with van der Waals surface area (Å²) in [6.45, 7) is 0. The molecule has 0 N–H and O–H groups in total. The van der Waals surface area contributed by atoms with Crippen molar-refractivity contribution < 1.29 is 0 Å². The van der Waals surface area contributed by atoms with E-state index >= 15 is 0 Å². The maximum Gasteiger partial charge on any atom is 0.0540 e. The molecule has 260 valence electrons. The number of fused-ring (bicyclic) bond motifs is 15. The van der Waals surface area contributed by atoms with E-state index in [1.165, 1.54) is 99.6 Å². The molecule has 0 atom stereocenters. The lowest BCUT2D eigenvalue weighted by Gasteiger charge is -2.28. The molecule has 0 aliphatic carbocycles. The minimum Gasteiger partial charge on any atom is -0.309 e. The Balaban J connectivity index is 0.998. The molecule has 0 unspecified atom stereocenters. The van der Waals surface area contributed by atoms with E-state index in [0.717, 1.165) is 11.4 Å². The molecular formula is C54H34N2. The summed E-state index contributed by atoms with van der Waals surface area (Å²) >= 11 is 0. The molecule has 0 saturated carbocycles. The summed E-state index contributed by atoms with van der Waals surface area (Å²) < 4.78 is 0. The average Bonchev–Trinajstić information content (AvgIpc) is 3.47. The third kappa shape index (κ3) is 4.50. The number of para-hydroxylation sites is 4. The second-order valence-electron chi connectivity index (χ2n) is 14.9. The standard InChI is InChI=1S/C54H34N2/c1-2-14-42-41(13-1)47-17-5-9-21-51(47)55(52-22-10-6-18-48(42)52)37-27-31-39-35(33-37)25-29-46-40-32-28-38(34-36(40)26-30-45(39)46)56-53-23-11-7-19-49(53)43-15-3-4-16-44(43)50-20-8-12-24-54(50)56/h1-34H. The summed E-state index contributed by atoms with van der Waals surface area (Å²) in [4.78, 5) is 4.88. The number of rotatable bonds is 2. The first-order chi connectivity index (χ1) is 27.8. The highest BCUT2D eigenvalue weighted by atomic mass is 15.2. The van der Waals surface area contributed by atoms with Crippen molar-refractivity contribution >= 4 is 66.4 Å². The molecule has 0 radical (unpaired) electrons. The first-order valence-corrected chi connectivity index (χ1v) is 19.4. The third-order valence-electron chi connectivity index (χ3n) is 11.9. The van der Waals surface area contributed by atoms with Gasteiger partial charge in [0.05, 0.1) is 22.7 Å². The number of benzene rings is 10. The molecule has 2 aliphatic rings. The first kappa shape index (κ1) is 31.0. The third-order valence-corrected chi connectivity index (χ3v) is 11.9. The lowest BCUT2D eigenvalue weighted by Crippen LogP contribution is -2.10. The number of hydrogen-bond acceptors (Lipinski definition) is 2. The van der Waals surface area contributed by atoms with Gasteiger partial charge in [0.2, 0.25) is 0 Å². The molecule has 0 amide bonds. The Bertz CT molecular complexity index is 2880. The Hall–Kier alpha value is -7.42. The largest absolute Gasteiger partial charge is 0.309 e. The predicted octanol–water partition coefficient (Wildman–Crippen LogP) is 15.4. The zero-order valence-electron chi connectivity index (χ0n) is 30.5. The minimum atomic E-state index is 1.15. The first-order valence-electron chi connectivity index (χ1n) is 19.4. The quantitative estimate of drug-likeness (QED) is 0.165. The summed E-state index contributed by atoms with van der Waals surface area (Å²) in [6, 6.07) is 76.0. The molecule has 10 aromatic carbocycles. The van der Waals surface area contributed by atoms with Crippen LogP contribution in [-0.2, 0) is 0 Å². The van der Waals surface area contributed by atoms with Crippen molar-refractivity contribution in [2.45, 2.75) is 0 Å². The van der Waals surface area contributed by atoms with Crippen LogP contribution < -0.4 is 9.80 Å². The number of hydrogen-bond donors (Lipinski definition) is 0. The highest BCUT2D eigenvalue weighted by Crippen LogP contribution is 2.53. The molecule has 0 bridgehead atoms. The van der Waals surface area contributed by atoms with Gasteiger partial charge in [0, 0.05) is 33.6 Å². The molecule has 0 spiro atoms. The molecular weight excluding hydrogens is 677 g/mol. The van der Waals surface area contributed by atoms with Gasteiger partial charge in [0.15, 0.2) is 0 Å². The Labute approximate surface area is 325 Å². The highest BCUT2D eigenvalue weighted by Gasteiger charge is 2.27. The van der Waals surface area contributed by atoms with E-state index in [2.05, 4.69) is 216 Å². The van der Waals surface area contributed by atoms with Crippen molar-refractivity contribution in [1.29, 1.82) is 0 Å². The smallest absolute Gasteiger partial charge is 0.0540 e. The lowest BCUT2D eigenvalue weighted by atomic mass is 9.95. The Morgan fingerprint density at radius 1 is 0.214 bits per heavy atom. The Morgan fingerprint density at radius 2 is 0.482 bits per heavy atom. The van der Waals surface area contributed by atoms with Crippen molar-refractivity contribution in [3.05, 3.63) is 206 Å². The fourth-order valence-corrected chi connectivity index (χ4v) is 9.45.